The molecular formula is C10H19F2NO3. The first-order valence-electron chi connectivity index (χ1n) is 5.36. The van der Waals surface area contributed by atoms with E-state index in [2.05, 4.69) is 5.32 Å². The van der Waals surface area contributed by atoms with E-state index in [1.165, 1.54) is 0 Å². The highest BCUT2D eigenvalue weighted by molar-refractivity contribution is 4.96. The average Bonchev–Trinajstić information content (AvgIpc) is 2.23. The van der Waals surface area contributed by atoms with Gasteiger partial charge >= 0.3 is 0 Å². The van der Waals surface area contributed by atoms with Crippen LogP contribution in [0.1, 0.15) is 6.42 Å². The Balaban J connectivity index is 2.23. The molecule has 1 fully saturated rings. The van der Waals surface area contributed by atoms with Gasteiger partial charge in [-0.05, 0) is 13.5 Å². The summed E-state index contributed by atoms with van der Waals surface area (Å²) in [7, 11) is 3.41. The van der Waals surface area contributed by atoms with Crippen molar-refractivity contribution in [3.63, 3.8) is 0 Å². The van der Waals surface area contributed by atoms with Gasteiger partial charge in [-0.25, -0.2) is 8.78 Å². The Labute approximate surface area is 94.2 Å². The molecule has 0 aromatic heterocycles. The van der Waals surface area contributed by atoms with Gasteiger partial charge in [-0.1, -0.05) is 0 Å². The quantitative estimate of drug-likeness (QED) is 0.632. The molecule has 0 amide bonds. The molecule has 1 saturated carbocycles. The second-order valence-corrected chi connectivity index (χ2v) is 3.72. The fraction of sp³-hybridized carbons (Fsp3) is 1.00. The molecule has 1 aliphatic rings. The predicted octanol–water partition coefficient (Wildman–Crippen LogP) is 0.660. The number of rotatable bonds is 8. The highest BCUT2D eigenvalue weighted by Crippen LogP contribution is 2.27. The molecule has 96 valence electrons. The lowest BCUT2D eigenvalue weighted by atomic mass is 9.85. The van der Waals surface area contributed by atoms with E-state index in [9.17, 15) is 8.78 Å². The molecule has 0 heterocycles. The van der Waals surface area contributed by atoms with E-state index in [1.54, 1.807) is 7.11 Å². The maximum absolute atomic E-state index is 12.0. The minimum atomic E-state index is -2.42. The van der Waals surface area contributed by atoms with Crippen molar-refractivity contribution in [2.24, 2.45) is 0 Å². The number of ether oxygens (including phenoxy) is 3. The molecule has 3 atom stereocenters. The SMILES string of the molecule is CNC1CC(OCC(F)F)C1OCCOC. The van der Waals surface area contributed by atoms with E-state index >= 15 is 0 Å². The van der Waals surface area contributed by atoms with E-state index in [4.69, 9.17) is 14.2 Å². The Kier molecular flexibility index (Phi) is 6.12. The van der Waals surface area contributed by atoms with Crippen molar-refractivity contribution in [3.8, 4) is 0 Å². The van der Waals surface area contributed by atoms with Gasteiger partial charge in [0.15, 0.2) is 0 Å². The van der Waals surface area contributed by atoms with E-state index in [1.807, 2.05) is 7.05 Å². The van der Waals surface area contributed by atoms with E-state index in [0.29, 0.717) is 19.6 Å². The number of hydrogen-bond donors (Lipinski definition) is 1. The fourth-order valence-electron chi connectivity index (χ4n) is 1.71. The van der Waals surface area contributed by atoms with Gasteiger partial charge in [-0.3, -0.25) is 0 Å². The van der Waals surface area contributed by atoms with Crippen molar-refractivity contribution >= 4 is 0 Å². The van der Waals surface area contributed by atoms with Crippen LogP contribution in [0, 0.1) is 0 Å². The number of methoxy groups -OCH3 is 1. The number of likely N-dealkylation sites (N-methyl/N-ethyl adjacent to an activating group) is 1. The van der Waals surface area contributed by atoms with Gasteiger partial charge < -0.3 is 19.5 Å². The maximum Gasteiger partial charge on any atom is 0.261 e. The molecule has 1 aliphatic carbocycles. The van der Waals surface area contributed by atoms with E-state index in [0.717, 1.165) is 0 Å². The van der Waals surface area contributed by atoms with Gasteiger partial charge in [-0.15, -0.1) is 0 Å². The third-order valence-corrected chi connectivity index (χ3v) is 2.65. The molecule has 0 aromatic rings. The summed E-state index contributed by atoms with van der Waals surface area (Å²) in [6.07, 6.45) is -2.10. The summed E-state index contributed by atoms with van der Waals surface area (Å²) in [5.74, 6) is 0. The Hall–Kier alpha value is -0.300. The molecule has 0 bridgehead atoms. The van der Waals surface area contributed by atoms with Crippen LogP contribution in [-0.2, 0) is 14.2 Å². The van der Waals surface area contributed by atoms with Gasteiger partial charge in [0.25, 0.3) is 6.43 Å². The molecule has 0 radical (unpaired) electrons. The van der Waals surface area contributed by atoms with Crippen molar-refractivity contribution in [2.75, 3.05) is 34.0 Å². The van der Waals surface area contributed by atoms with Crippen molar-refractivity contribution in [3.05, 3.63) is 0 Å². The lowest BCUT2D eigenvalue weighted by Gasteiger charge is -2.43. The van der Waals surface area contributed by atoms with Gasteiger partial charge in [-0.2, -0.15) is 0 Å². The predicted molar refractivity (Wildman–Crippen MR) is 54.8 cm³/mol. The third-order valence-electron chi connectivity index (χ3n) is 2.65. The highest BCUT2D eigenvalue weighted by Gasteiger charge is 2.42. The zero-order valence-electron chi connectivity index (χ0n) is 9.62. The molecule has 6 heteroatoms. The highest BCUT2D eigenvalue weighted by atomic mass is 19.3. The lowest BCUT2D eigenvalue weighted by Crippen LogP contribution is -2.59. The second-order valence-electron chi connectivity index (χ2n) is 3.72. The van der Waals surface area contributed by atoms with Crippen LogP contribution in [0.25, 0.3) is 0 Å². The Morgan fingerprint density at radius 1 is 1.31 bits per heavy atom. The second kappa shape index (κ2) is 7.11. The molecule has 0 saturated heterocycles. The van der Waals surface area contributed by atoms with Crippen LogP contribution >= 0.6 is 0 Å². The van der Waals surface area contributed by atoms with Gasteiger partial charge in [0.2, 0.25) is 0 Å². The third kappa shape index (κ3) is 3.93. The Morgan fingerprint density at radius 2 is 2.06 bits per heavy atom. The van der Waals surface area contributed by atoms with Crippen molar-refractivity contribution < 1.29 is 23.0 Å². The van der Waals surface area contributed by atoms with Crippen molar-refractivity contribution in [2.45, 2.75) is 31.1 Å². The van der Waals surface area contributed by atoms with Crippen molar-refractivity contribution in [1.29, 1.82) is 0 Å². The first-order valence-corrected chi connectivity index (χ1v) is 5.36. The number of halogens is 2. The zero-order valence-corrected chi connectivity index (χ0v) is 9.62. The Morgan fingerprint density at radius 3 is 2.62 bits per heavy atom. The van der Waals surface area contributed by atoms with Crippen LogP contribution in [-0.4, -0.2) is 58.7 Å². The van der Waals surface area contributed by atoms with Crippen LogP contribution in [0.15, 0.2) is 0 Å². The van der Waals surface area contributed by atoms with Crippen LogP contribution in [0.2, 0.25) is 0 Å². The topological polar surface area (TPSA) is 39.7 Å². The molecule has 4 nitrogen and oxygen atoms in total. The summed E-state index contributed by atoms with van der Waals surface area (Å²) < 4.78 is 39.4. The molecule has 0 aromatic carbocycles. The summed E-state index contributed by atoms with van der Waals surface area (Å²) in [6.45, 7) is 0.424. The van der Waals surface area contributed by atoms with Gasteiger partial charge in [0.1, 0.15) is 6.61 Å². The van der Waals surface area contributed by atoms with Crippen LogP contribution in [0.3, 0.4) is 0 Å². The van der Waals surface area contributed by atoms with E-state index in [-0.39, 0.29) is 18.2 Å². The monoisotopic (exact) mass is 239 g/mol. The summed E-state index contributed by atoms with van der Waals surface area (Å²) in [5.41, 5.74) is 0. The molecule has 1 rings (SSSR count). The summed E-state index contributed by atoms with van der Waals surface area (Å²) in [6, 6.07) is 0.180. The Bertz CT molecular complexity index is 195. The lowest BCUT2D eigenvalue weighted by molar-refractivity contribution is -0.163. The molecular weight excluding hydrogens is 220 g/mol. The summed E-state index contributed by atoms with van der Waals surface area (Å²) in [5, 5.41) is 3.06. The van der Waals surface area contributed by atoms with Crippen LogP contribution < -0.4 is 5.32 Å². The minimum absolute atomic E-state index is 0.154. The molecule has 3 unspecified atom stereocenters. The first-order chi connectivity index (χ1) is 7.69. The molecule has 0 aliphatic heterocycles. The van der Waals surface area contributed by atoms with Gasteiger partial charge in [0, 0.05) is 13.2 Å². The fourth-order valence-corrected chi connectivity index (χ4v) is 1.71. The van der Waals surface area contributed by atoms with Crippen LogP contribution in [0.4, 0.5) is 8.78 Å². The average molecular weight is 239 g/mol. The summed E-state index contributed by atoms with van der Waals surface area (Å²) >= 11 is 0. The first kappa shape index (κ1) is 13.8. The molecule has 1 N–H and O–H groups in total. The zero-order chi connectivity index (χ0) is 12.0. The molecule has 16 heavy (non-hydrogen) atoms. The van der Waals surface area contributed by atoms with Crippen molar-refractivity contribution in [1.82, 2.24) is 5.32 Å². The largest absolute Gasteiger partial charge is 0.382 e. The number of nitrogens with one attached hydrogen (secondary N) is 1. The minimum Gasteiger partial charge on any atom is -0.382 e. The van der Waals surface area contributed by atoms with Gasteiger partial charge in [0.05, 0.1) is 25.4 Å². The molecule has 0 spiro atoms. The smallest absolute Gasteiger partial charge is 0.261 e. The standard InChI is InChI=1S/C10H19F2NO3/c1-13-7-5-8(16-6-9(11)12)10(7)15-4-3-14-2/h7-10,13H,3-6H2,1-2H3. The maximum atomic E-state index is 12.0. The normalized spacial score (nSPS) is 29.4. The van der Waals surface area contributed by atoms with Crippen LogP contribution in [0.5, 0.6) is 0 Å². The number of alkyl halides is 2. The number of hydrogen-bond acceptors (Lipinski definition) is 4. The van der Waals surface area contributed by atoms with E-state index < -0.39 is 13.0 Å². The summed E-state index contributed by atoms with van der Waals surface area (Å²) in [4.78, 5) is 0.